The quantitative estimate of drug-likeness (QED) is 0.286. The SMILES string of the molecule is CN=C(NCc1ccc(C(=O)N2CCNC(=O)C2)cc1)NCC1(c2cccc(F)c2)CC1.I. The fraction of sp³-hybridized carbons (Fsp3) is 0.375. The Bertz CT molecular complexity index is 1020. The lowest BCUT2D eigenvalue weighted by Gasteiger charge is -2.26. The fourth-order valence-electron chi connectivity index (χ4n) is 3.96. The molecule has 33 heavy (non-hydrogen) atoms. The van der Waals surface area contributed by atoms with E-state index in [1.54, 1.807) is 36.2 Å². The molecule has 0 bridgehead atoms. The van der Waals surface area contributed by atoms with Crippen LogP contribution in [0.1, 0.15) is 34.3 Å². The highest BCUT2D eigenvalue weighted by Gasteiger charge is 2.44. The molecule has 1 saturated carbocycles. The number of amides is 2. The maximum absolute atomic E-state index is 13.6. The number of rotatable bonds is 6. The Balaban J connectivity index is 0.00000306. The topological polar surface area (TPSA) is 85.8 Å². The first-order chi connectivity index (χ1) is 15.5. The van der Waals surface area contributed by atoms with Crippen molar-refractivity contribution in [2.24, 2.45) is 4.99 Å². The molecule has 0 spiro atoms. The van der Waals surface area contributed by atoms with Gasteiger partial charge in [0.15, 0.2) is 5.96 Å². The minimum absolute atomic E-state index is 0. The number of halogens is 2. The van der Waals surface area contributed by atoms with E-state index in [4.69, 9.17) is 0 Å². The Kier molecular flexibility index (Phi) is 8.28. The Morgan fingerprint density at radius 1 is 1.18 bits per heavy atom. The molecule has 3 N–H and O–H groups in total. The summed E-state index contributed by atoms with van der Waals surface area (Å²) in [6.07, 6.45) is 2.04. The summed E-state index contributed by atoms with van der Waals surface area (Å²) in [6, 6.07) is 14.2. The zero-order valence-corrected chi connectivity index (χ0v) is 20.9. The predicted molar refractivity (Wildman–Crippen MR) is 136 cm³/mol. The van der Waals surface area contributed by atoms with Gasteiger partial charge >= 0.3 is 0 Å². The second-order valence-electron chi connectivity index (χ2n) is 8.34. The van der Waals surface area contributed by atoms with Gasteiger partial charge in [0, 0.05) is 44.2 Å². The second-order valence-corrected chi connectivity index (χ2v) is 8.34. The van der Waals surface area contributed by atoms with Gasteiger partial charge in [-0.1, -0.05) is 24.3 Å². The summed E-state index contributed by atoms with van der Waals surface area (Å²) in [5.41, 5.74) is 2.56. The molecule has 9 heteroatoms. The predicted octanol–water partition coefficient (Wildman–Crippen LogP) is 2.41. The van der Waals surface area contributed by atoms with Gasteiger partial charge in [0.25, 0.3) is 5.91 Å². The molecule has 1 aliphatic heterocycles. The number of nitrogens with one attached hydrogen (secondary N) is 3. The van der Waals surface area contributed by atoms with E-state index in [1.807, 2.05) is 18.2 Å². The lowest BCUT2D eigenvalue weighted by atomic mass is 9.96. The van der Waals surface area contributed by atoms with Crippen LogP contribution in [0.3, 0.4) is 0 Å². The van der Waals surface area contributed by atoms with Crippen LogP contribution in [0, 0.1) is 5.82 Å². The van der Waals surface area contributed by atoms with Crippen LogP contribution in [0.5, 0.6) is 0 Å². The van der Waals surface area contributed by atoms with Gasteiger partial charge in [0.2, 0.25) is 5.91 Å². The summed E-state index contributed by atoms with van der Waals surface area (Å²) < 4.78 is 13.6. The Hall–Kier alpha value is -2.69. The smallest absolute Gasteiger partial charge is 0.254 e. The monoisotopic (exact) mass is 565 g/mol. The summed E-state index contributed by atoms with van der Waals surface area (Å²) in [5.74, 6) is 0.201. The molecule has 2 amide bonds. The molecule has 0 aromatic heterocycles. The average Bonchev–Trinajstić information content (AvgIpc) is 3.60. The highest BCUT2D eigenvalue weighted by atomic mass is 127. The van der Waals surface area contributed by atoms with E-state index in [9.17, 15) is 14.0 Å². The fourth-order valence-corrected chi connectivity index (χ4v) is 3.96. The van der Waals surface area contributed by atoms with Crippen molar-refractivity contribution in [1.82, 2.24) is 20.9 Å². The Labute approximate surface area is 210 Å². The normalized spacial score (nSPS) is 17.0. The summed E-state index contributed by atoms with van der Waals surface area (Å²) in [5, 5.41) is 9.36. The van der Waals surface area contributed by atoms with Crippen molar-refractivity contribution in [3.05, 3.63) is 71.0 Å². The van der Waals surface area contributed by atoms with Crippen molar-refractivity contribution in [2.45, 2.75) is 24.8 Å². The number of benzene rings is 2. The van der Waals surface area contributed by atoms with E-state index in [2.05, 4.69) is 20.9 Å². The summed E-state index contributed by atoms with van der Waals surface area (Å²) >= 11 is 0. The summed E-state index contributed by atoms with van der Waals surface area (Å²) in [6.45, 7) is 2.34. The average molecular weight is 565 g/mol. The molecule has 0 atom stereocenters. The van der Waals surface area contributed by atoms with Crippen LogP contribution in [-0.4, -0.2) is 55.9 Å². The van der Waals surface area contributed by atoms with Gasteiger partial charge in [-0.15, -0.1) is 24.0 Å². The molecule has 1 heterocycles. The molecule has 1 saturated heterocycles. The first-order valence-electron chi connectivity index (χ1n) is 10.8. The minimum Gasteiger partial charge on any atom is -0.356 e. The molecule has 0 radical (unpaired) electrons. The molecule has 1 aliphatic carbocycles. The van der Waals surface area contributed by atoms with Crippen molar-refractivity contribution in [2.75, 3.05) is 33.2 Å². The van der Waals surface area contributed by atoms with Crippen molar-refractivity contribution >= 4 is 41.8 Å². The number of hydrogen-bond acceptors (Lipinski definition) is 3. The third-order valence-corrected chi connectivity index (χ3v) is 6.09. The van der Waals surface area contributed by atoms with Gasteiger partial charge in [0.1, 0.15) is 5.82 Å². The largest absolute Gasteiger partial charge is 0.356 e. The van der Waals surface area contributed by atoms with Gasteiger partial charge in [0.05, 0.1) is 6.54 Å². The van der Waals surface area contributed by atoms with Crippen LogP contribution < -0.4 is 16.0 Å². The third-order valence-electron chi connectivity index (χ3n) is 6.09. The van der Waals surface area contributed by atoms with E-state index in [0.717, 1.165) is 24.0 Å². The second kappa shape index (κ2) is 11.0. The molecule has 2 fully saturated rings. The first-order valence-corrected chi connectivity index (χ1v) is 10.8. The van der Waals surface area contributed by atoms with E-state index < -0.39 is 0 Å². The first kappa shape index (κ1) is 24.9. The van der Waals surface area contributed by atoms with Gasteiger partial charge in [-0.25, -0.2) is 4.39 Å². The molecule has 2 aromatic carbocycles. The van der Waals surface area contributed by atoms with Gasteiger partial charge in [-0.2, -0.15) is 0 Å². The number of carbonyl (C=O) groups excluding carboxylic acids is 2. The molecular weight excluding hydrogens is 536 g/mol. The van der Waals surface area contributed by atoms with Crippen LogP contribution >= 0.6 is 24.0 Å². The lowest BCUT2D eigenvalue weighted by Crippen LogP contribution is -2.49. The number of hydrogen-bond donors (Lipinski definition) is 3. The van der Waals surface area contributed by atoms with E-state index in [1.165, 1.54) is 6.07 Å². The van der Waals surface area contributed by atoms with Gasteiger partial charge in [-0.05, 0) is 48.2 Å². The number of aliphatic imine (C=N–C) groups is 1. The standard InChI is InChI=1S/C24H28FN5O2.HI/c1-26-23(29-16-24(9-10-24)19-3-2-4-20(25)13-19)28-14-17-5-7-18(8-6-17)22(32)30-12-11-27-21(31)15-30;/h2-8,13H,9-12,14-16H2,1H3,(H,27,31)(H2,26,28,29);1H. The lowest BCUT2D eigenvalue weighted by molar-refractivity contribution is -0.123. The molecule has 4 rings (SSSR count). The van der Waals surface area contributed by atoms with Crippen molar-refractivity contribution < 1.29 is 14.0 Å². The van der Waals surface area contributed by atoms with E-state index >= 15 is 0 Å². The third kappa shape index (κ3) is 6.21. The van der Waals surface area contributed by atoms with Crippen LogP contribution in [0.4, 0.5) is 4.39 Å². The number of carbonyl (C=O) groups is 2. The number of piperazine rings is 1. The summed E-state index contributed by atoms with van der Waals surface area (Å²) in [4.78, 5) is 29.9. The van der Waals surface area contributed by atoms with Crippen LogP contribution in [-0.2, 0) is 16.8 Å². The maximum atomic E-state index is 13.6. The Morgan fingerprint density at radius 2 is 1.94 bits per heavy atom. The highest BCUT2D eigenvalue weighted by Crippen LogP contribution is 2.47. The van der Waals surface area contributed by atoms with Gasteiger partial charge in [-0.3, -0.25) is 14.6 Å². The van der Waals surface area contributed by atoms with Gasteiger partial charge < -0.3 is 20.9 Å². The zero-order valence-electron chi connectivity index (χ0n) is 18.6. The van der Waals surface area contributed by atoms with Crippen LogP contribution in [0.25, 0.3) is 0 Å². The van der Waals surface area contributed by atoms with E-state index in [-0.39, 0.29) is 53.6 Å². The minimum atomic E-state index is -0.207. The molecule has 2 aliphatic rings. The molecule has 0 unspecified atom stereocenters. The van der Waals surface area contributed by atoms with Crippen LogP contribution in [0.15, 0.2) is 53.5 Å². The van der Waals surface area contributed by atoms with Crippen molar-refractivity contribution in [1.29, 1.82) is 0 Å². The Morgan fingerprint density at radius 3 is 2.58 bits per heavy atom. The molecule has 7 nitrogen and oxygen atoms in total. The van der Waals surface area contributed by atoms with Crippen LogP contribution in [0.2, 0.25) is 0 Å². The maximum Gasteiger partial charge on any atom is 0.254 e. The molecular formula is C24H29FIN5O2. The van der Waals surface area contributed by atoms with Crippen molar-refractivity contribution in [3.63, 3.8) is 0 Å². The number of guanidine groups is 1. The van der Waals surface area contributed by atoms with Crippen molar-refractivity contribution in [3.8, 4) is 0 Å². The molecule has 176 valence electrons. The highest BCUT2D eigenvalue weighted by molar-refractivity contribution is 14.0. The number of nitrogens with zero attached hydrogens (tertiary/aromatic N) is 2. The summed E-state index contributed by atoms with van der Waals surface area (Å²) in [7, 11) is 1.72. The van der Waals surface area contributed by atoms with E-state index in [0.29, 0.717) is 37.7 Å². The zero-order chi connectivity index (χ0) is 22.6. The molecule has 2 aromatic rings.